The van der Waals surface area contributed by atoms with Crippen LogP contribution < -0.4 is 14.8 Å². The summed E-state index contributed by atoms with van der Waals surface area (Å²) in [7, 11) is 0. The molecule has 0 saturated carbocycles. The number of ether oxygens (including phenoxy) is 2. The van der Waals surface area contributed by atoms with E-state index in [1.54, 1.807) is 0 Å². The summed E-state index contributed by atoms with van der Waals surface area (Å²) in [6, 6.07) is 7.91. The zero-order valence-electron chi connectivity index (χ0n) is 13.5. The van der Waals surface area contributed by atoms with Gasteiger partial charge in [-0.15, -0.1) is 0 Å². The monoisotopic (exact) mass is 279 g/mol. The van der Waals surface area contributed by atoms with Crippen LogP contribution in [0.5, 0.6) is 11.5 Å². The van der Waals surface area contributed by atoms with Gasteiger partial charge in [0.25, 0.3) is 0 Å². The Hall–Kier alpha value is -1.22. The van der Waals surface area contributed by atoms with Crippen molar-refractivity contribution in [2.75, 3.05) is 13.2 Å². The third kappa shape index (κ3) is 6.29. The van der Waals surface area contributed by atoms with Crippen molar-refractivity contribution in [2.45, 2.75) is 59.1 Å². The summed E-state index contributed by atoms with van der Waals surface area (Å²) in [5.41, 5.74) is 0.106. The molecular weight excluding hydrogens is 250 g/mol. The van der Waals surface area contributed by atoms with Gasteiger partial charge in [-0.1, -0.05) is 26.0 Å². The van der Waals surface area contributed by atoms with E-state index in [0.29, 0.717) is 0 Å². The minimum Gasteiger partial charge on any atom is -0.490 e. The van der Waals surface area contributed by atoms with Crippen LogP contribution in [-0.2, 0) is 0 Å². The van der Waals surface area contributed by atoms with E-state index >= 15 is 0 Å². The van der Waals surface area contributed by atoms with E-state index in [1.807, 2.05) is 24.3 Å². The molecule has 20 heavy (non-hydrogen) atoms. The first-order valence-corrected chi connectivity index (χ1v) is 7.59. The molecule has 3 nitrogen and oxygen atoms in total. The lowest BCUT2D eigenvalue weighted by atomic mass is 10.1. The molecule has 0 heterocycles. The molecule has 0 radical (unpaired) electrons. The number of rotatable bonds is 8. The Balaban J connectivity index is 2.64. The predicted molar refractivity (Wildman–Crippen MR) is 84.7 cm³/mol. The van der Waals surface area contributed by atoms with Crippen molar-refractivity contribution in [2.24, 2.45) is 0 Å². The summed E-state index contributed by atoms with van der Waals surface area (Å²) in [6.45, 7) is 12.3. The third-order valence-electron chi connectivity index (χ3n) is 2.92. The second-order valence-corrected chi connectivity index (χ2v) is 6.07. The quantitative estimate of drug-likeness (QED) is 0.779. The summed E-state index contributed by atoms with van der Waals surface area (Å²) in [5.74, 6) is 1.67. The summed E-state index contributed by atoms with van der Waals surface area (Å²) in [6.07, 6.45) is 2.11. The van der Waals surface area contributed by atoms with E-state index in [0.717, 1.165) is 37.5 Å². The maximum atomic E-state index is 6.10. The average Bonchev–Trinajstić information content (AvgIpc) is 2.41. The number of benzene rings is 1. The largest absolute Gasteiger partial charge is 0.490 e. The van der Waals surface area contributed by atoms with Crippen LogP contribution in [0.25, 0.3) is 0 Å². The first kappa shape index (κ1) is 16.8. The summed E-state index contributed by atoms with van der Waals surface area (Å²) in [5, 5.41) is 3.49. The van der Waals surface area contributed by atoms with Crippen LogP contribution in [0.2, 0.25) is 0 Å². The van der Waals surface area contributed by atoms with Crippen LogP contribution in [-0.4, -0.2) is 24.8 Å². The van der Waals surface area contributed by atoms with Crippen LogP contribution in [0.1, 0.15) is 47.5 Å². The summed E-state index contributed by atoms with van der Waals surface area (Å²) in [4.78, 5) is 0. The topological polar surface area (TPSA) is 30.5 Å². The third-order valence-corrected chi connectivity index (χ3v) is 2.92. The van der Waals surface area contributed by atoms with E-state index in [-0.39, 0.29) is 11.6 Å². The summed E-state index contributed by atoms with van der Waals surface area (Å²) < 4.78 is 11.8. The fourth-order valence-electron chi connectivity index (χ4n) is 1.75. The molecule has 0 aromatic heterocycles. The number of para-hydroxylation sites is 2. The molecule has 0 fully saturated rings. The molecule has 1 aromatic carbocycles. The van der Waals surface area contributed by atoms with Gasteiger partial charge in [-0.2, -0.15) is 0 Å². The van der Waals surface area contributed by atoms with Gasteiger partial charge in [0, 0.05) is 12.1 Å². The fraction of sp³-hybridized carbons (Fsp3) is 0.647. The minimum absolute atomic E-state index is 0.106. The van der Waals surface area contributed by atoms with Crippen molar-refractivity contribution >= 4 is 0 Å². The van der Waals surface area contributed by atoms with E-state index in [2.05, 4.69) is 39.9 Å². The van der Waals surface area contributed by atoms with Crippen LogP contribution in [0.15, 0.2) is 24.3 Å². The highest BCUT2D eigenvalue weighted by Gasteiger charge is 2.15. The van der Waals surface area contributed by atoms with Crippen LogP contribution >= 0.6 is 0 Å². The van der Waals surface area contributed by atoms with Crippen LogP contribution in [0.3, 0.4) is 0 Å². The molecule has 1 rings (SSSR count). The number of hydrogen-bond acceptors (Lipinski definition) is 3. The Labute approximate surface area is 123 Å². The molecule has 0 amide bonds. The van der Waals surface area contributed by atoms with Gasteiger partial charge in [-0.3, -0.25) is 0 Å². The zero-order valence-corrected chi connectivity index (χ0v) is 13.5. The standard InChI is InChI=1S/C17H29NO2/c1-6-12-19-15-10-8-9-11-16(15)20-14(7-2)13-18-17(3,4)5/h8-11,14,18H,6-7,12-13H2,1-5H3. The number of nitrogens with one attached hydrogen (secondary N) is 1. The molecule has 1 N–H and O–H groups in total. The van der Waals surface area contributed by atoms with Gasteiger partial charge in [0.1, 0.15) is 6.10 Å². The maximum absolute atomic E-state index is 6.10. The van der Waals surface area contributed by atoms with Gasteiger partial charge >= 0.3 is 0 Å². The molecule has 0 aliphatic carbocycles. The average molecular weight is 279 g/mol. The van der Waals surface area contributed by atoms with Gasteiger partial charge in [-0.05, 0) is 45.7 Å². The number of hydrogen-bond donors (Lipinski definition) is 1. The fourth-order valence-corrected chi connectivity index (χ4v) is 1.75. The highest BCUT2D eigenvalue weighted by Crippen LogP contribution is 2.28. The Kier molecular flexibility index (Phi) is 6.86. The molecule has 0 aliphatic rings. The lowest BCUT2D eigenvalue weighted by Gasteiger charge is -2.26. The minimum atomic E-state index is 0.106. The van der Waals surface area contributed by atoms with Crippen molar-refractivity contribution in [1.82, 2.24) is 5.32 Å². The summed E-state index contributed by atoms with van der Waals surface area (Å²) >= 11 is 0. The van der Waals surface area contributed by atoms with E-state index in [9.17, 15) is 0 Å². The molecule has 114 valence electrons. The van der Waals surface area contributed by atoms with Gasteiger partial charge in [0.2, 0.25) is 0 Å². The van der Waals surface area contributed by atoms with Crippen LogP contribution in [0.4, 0.5) is 0 Å². The lowest BCUT2D eigenvalue weighted by molar-refractivity contribution is 0.171. The first-order chi connectivity index (χ1) is 9.46. The predicted octanol–water partition coefficient (Wildman–Crippen LogP) is 4.02. The molecule has 1 atom stereocenters. The van der Waals surface area contributed by atoms with Crippen molar-refractivity contribution < 1.29 is 9.47 Å². The normalized spacial score (nSPS) is 13.1. The van der Waals surface area contributed by atoms with Gasteiger partial charge in [0.15, 0.2) is 11.5 Å². The Bertz CT molecular complexity index is 385. The Morgan fingerprint density at radius 2 is 1.75 bits per heavy atom. The Morgan fingerprint density at radius 1 is 1.10 bits per heavy atom. The molecule has 1 unspecified atom stereocenters. The Morgan fingerprint density at radius 3 is 2.30 bits per heavy atom. The van der Waals surface area contributed by atoms with Crippen molar-refractivity contribution in [3.8, 4) is 11.5 Å². The zero-order chi connectivity index (χ0) is 15.0. The van der Waals surface area contributed by atoms with Gasteiger partial charge in [0.05, 0.1) is 6.61 Å². The van der Waals surface area contributed by atoms with E-state index in [4.69, 9.17) is 9.47 Å². The highest BCUT2D eigenvalue weighted by atomic mass is 16.5. The van der Waals surface area contributed by atoms with Crippen molar-refractivity contribution in [3.63, 3.8) is 0 Å². The van der Waals surface area contributed by atoms with Crippen LogP contribution in [0, 0.1) is 0 Å². The smallest absolute Gasteiger partial charge is 0.161 e. The molecular formula is C17H29NO2. The van der Waals surface area contributed by atoms with E-state index in [1.165, 1.54) is 0 Å². The van der Waals surface area contributed by atoms with Gasteiger partial charge in [-0.25, -0.2) is 0 Å². The first-order valence-electron chi connectivity index (χ1n) is 7.59. The lowest BCUT2D eigenvalue weighted by Crippen LogP contribution is -2.42. The SMILES string of the molecule is CCCOc1ccccc1OC(CC)CNC(C)(C)C. The highest BCUT2D eigenvalue weighted by molar-refractivity contribution is 5.39. The molecule has 0 saturated heterocycles. The maximum Gasteiger partial charge on any atom is 0.161 e. The molecule has 3 heteroatoms. The molecule has 0 spiro atoms. The van der Waals surface area contributed by atoms with Crippen molar-refractivity contribution in [1.29, 1.82) is 0 Å². The van der Waals surface area contributed by atoms with Gasteiger partial charge < -0.3 is 14.8 Å². The second-order valence-electron chi connectivity index (χ2n) is 6.07. The molecule has 0 bridgehead atoms. The van der Waals surface area contributed by atoms with Crippen molar-refractivity contribution in [3.05, 3.63) is 24.3 Å². The molecule has 0 aliphatic heterocycles. The second kappa shape index (κ2) is 8.15. The van der Waals surface area contributed by atoms with E-state index < -0.39 is 0 Å². The molecule has 1 aromatic rings.